The van der Waals surface area contributed by atoms with Gasteiger partial charge >= 0.3 is 0 Å². The Hall–Kier alpha value is -1.87. The summed E-state index contributed by atoms with van der Waals surface area (Å²) in [5.41, 5.74) is 3.26. The molecule has 0 saturated heterocycles. The molecule has 2 heterocycles. The van der Waals surface area contributed by atoms with Gasteiger partial charge in [-0.1, -0.05) is 29.8 Å². The summed E-state index contributed by atoms with van der Waals surface area (Å²) in [6, 6.07) is 10.1. The fraction of sp³-hybridized carbons (Fsp3) is 0.312. The molecule has 98 valence electrons. The normalized spacial score (nSPS) is 15.7. The average Bonchev–Trinajstić information content (AvgIpc) is 2.46. The minimum Gasteiger partial charge on any atom is -0.392 e. The molecule has 3 rings (SSSR count). The topological polar surface area (TPSA) is 36.4 Å². The van der Waals surface area contributed by atoms with Gasteiger partial charge in [-0.3, -0.25) is 0 Å². The van der Waals surface area contributed by atoms with Gasteiger partial charge in [0.15, 0.2) is 0 Å². The maximum atomic E-state index is 9.59. The van der Waals surface area contributed by atoms with Crippen LogP contribution in [0.4, 0.5) is 5.82 Å². The molecule has 0 amide bonds. The van der Waals surface area contributed by atoms with Crippen molar-refractivity contribution in [1.82, 2.24) is 4.98 Å². The number of hydrogen-bond acceptors (Lipinski definition) is 3. The van der Waals surface area contributed by atoms with Crippen LogP contribution < -0.4 is 4.90 Å². The van der Waals surface area contributed by atoms with E-state index in [0.717, 1.165) is 41.8 Å². The zero-order valence-corrected chi connectivity index (χ0v) is 11.1. The molecule has 0 saturated carbocycles. The molecule has 1 aliphatic rings. The van der Waals surface area contributed by atoms with Crippen LogP contribution in [0.5, 0.6) is 0 Å². The number of aliphatic hydroxyl groups is 1. The predicted molar refractivity (Wildman–Crippen MR) is 78.3 cm³/mol. The number of aromatic nitrogens is 1. The zero-order valence-electron chi connectivity index (χ0n) is 11.1. The first-order valence-electron chi connectivity index (χ1n) is 6.68. The Labute approximate surface area is 113 Å². The molecular formula is C16H18N2O. The highest BCUT2D eigenvalue weighted by atomic mass is 16.3. The summed E-state index contributed by atoms with van der Waals surface area (Å²) in [6.07, 6.45) is 3.32. The van der Waals surface area contributed by atoms with Crippen LogP contribution in [0.2, 0.25) is 0 Å². The molecular weight excluding hydrogens is 236 g/mol. The van der Waals surface area contributed by atoms with E-state index in [1.54, 1.807) is 0 Å². The van der Waals surface area contributed by atoms with Crippen LogP contribution in [0.15, 0.2) is 42.0 Å². The van der Waals surface area contributed by atoms with E-state index >= 15 is 0 Å². The van der Waals surface area contributed by atoms with Crippen LogP contribution in [-0.4, -0.2) is 23.2 Å². The van der Waals surface area contributed by atoms with Gasteiger partial charge in [0, 0.05) is 24.0 Å². The largest absolute Gasteiger partial charge is 0.392 e. The first-order valence-corrected chi connectivity index (χ1v) is 6.68. The summed E-state index contributed by atoms with van der Waals surface area (Å²) in [5.74, 6) is 0.925. The lowest BCUT2D eigenvalue weighted by molar-refractivity contribution is 0.282. The fourth-order valence-corrected chi connectivity index (χ4v) is 2.63. The van der Waals surface area contributed by atoms with Gasteiger partial charge in [0.2, 0.25) is 0 Å². The molecule has 3 nitrogen and oxygen atoms in total. The van der Waals surface area contributed by atoms with E-state index in [2.05, 4.69) is 17.9 Å². The second-order valence-corrected chi connectivity index (χ2v) is 5.08. The lowest BCUT2D eigenvalue weighted by Gasteiger charge is -2.29. The van der Waals surface area contributed by atoms with Crippen molar-refractivity contribution in [3.05, 3.63) is 47.5 Å². The van der Waals surface area contributed by atoms with E-state index in [4.69, 9.17) is 4.98 Å². The van der Waals surface area contributed by atoms with E-state index in [1.165, 1.54) is 5.57 Å². The molecule has 19 heavy (non-hydrogen) atoms. The third kappa shape index (κ3) is 2.34. The number of hydrogen-bond donors (Lipinski definition) is 1. The highest BCUT2D eigenvalue weighted by Crippen LogP contribution is 2.26. The second-order valence-electron chi connectivity index (χ2n) is 5.08. The maximum absolute atomic E-state index is 9.59. The molecule has 0 unspecified atom stereocenters. The standard InChI is InChI=1S/C16H18N2O/c1-12-5-4-8-18(10-12)16-14(11-19)9-13-6-2-3-7-15(13)17-16/h2-3,5-7,9,19H,4,8,10-11H2,1H3. The van der Waals surface area contributed by atoms with Crippen LogP contribution in [-0.2, 0) is 6.61 Å². The minimum absolute atomic E-state index is 0.0342. The van der Waals surface area contributed by atoms with Crippen LogP contribution in [0.1, 0.15) is 18.9 Å². The van der Waals surface area contributed by atoms with Crippen LogP contribution in [0.3, 0.4) is 0 Å². The van der Waals surface area contributed by atoms with E-state index in [0.29, 0.717) is 0 Å². The van der Waals surface area contributed by atoms with Gasteiger partial charge in [-0.25, -0.2) is 4.98 Å². The summed E-state index contributed by atoms with van der Waals surface area (Å²) in [6.45, 7) is 4.05. The Morgan fingerprint density at radius 1 is 1.32 bits per heavy atom. The predicted octanol–water partition coefficient (Wildman–Crippen LogP) is 2.88. The molecule has 0 radical (unpaired) electrons. The van der Waals surface area contributed by atoms with Crippen LogP contribution >= 0.6 is 0 Å². The Morgan fingerprint density at radius 2 is 2.16 bits per heavy atom. The van der Waals surface area contributed by atoms with Gasteiger partial charge in [-0.05, 0) is 25.5 Å². The molecule has 0 aliphatic carbocycles. The van der Waals surface area contributed by atoms with Crippen molar-refractivity contribution < 1.29 is 5.11 Å². The monoisotopic (exact) mass is 254 g/mol. The zero-order chi connectivity index (χ0) is 13.2. The number of nitrogens with zero attached hydrogens (tertiary/aromatic N) is 2. The van der Waals surface area contributed by atoms with E-state index in [-0.39, 0.29) is 6.61 Å². The molecule has 1 aromatic heterocycles. The summed E-state index contributed by atoms with van der Waals surface area (Å²) < 4.78 is 0. The fourth-order valence-electron chi connectivity index (χ4n) is 2.63. The number of rotatable bonds is 2. The van der Waals surface area contributed by atoms with Crippen molar-refractivity contribution in [2.45, 2.75) is 20.0 Å². The number of benzene rings is 1. The molecule has 3 heteroatoms. The molecule has 0 atom stereocenters. The lowest BCUT2D eigenvalue weighted by Crippen LogP contribution is -2.30. The third-order valence-corrected chi connectivity index (χ3v) is 3.58. The third-order valence-electron chi connectivity index (χ3n) is 3.58. The van der Waals surface area contributed by atoms with Gasteiger partial charge in [-0.2, -0.15) is 0 Å². The Balaban J connectivity index is 2.08. The molecule has 1 N–H and O–H groups in total. The smallest absolute Gasteiger partial charge is 0.135 e. The van der Waals surface area contributed by atoms with Gasteiger partial charge in [0.25, 0.3) is 0 Å². The van der Waals surface area contributed by atoms with Crippen molar-refractivity contribution in [2.24, 2.45) is 0 Å². The van der Waals surface area contributed by atoms with Crippen molar-refractivity contribution in [3.8, 4) is 0 Å². The van der Waals surface area contributed by atoms with Crippen molar-refractivity contribution >= 4 is 16.7 Å². The maximum Gasteiger partial charge on any atom is 0.135 e. The Kier molecular flexibility index (Phi) is 3.22. The summed E-state index contributed by atoms with van der Waals surface area (Å²) in [5, 5.41) is 10.7. The summed E-state index contributed by atoms with van der Waals surface area (Å²) in [4.78, 5) is 7.00. The van der Waals surface area contributed by atoms with Gasteiger partial charge in [0.1, 0.15) is 5.82 Å². The van der Waals surface area contributed by atoms with Crippen molar-refractivity contribution in [3.63, 3.8) is 0 Å². The second kappa shape index (κ2) is 5.02. The highest BCUT2D eigenvalue weighted by Gasteiger charge is 2.16. The Morgan fingerprint density at radius 3 is 2.95 bits per heavy atom. The quantitative estimate of drug-likeness (QED) is 0.837. The molecule has 1 aliphatic heterocycles. The first-order chi connectivity index (χ1) is 9.28. The Bertz CT molecular complexity index is 634. The minimum atomic E-state index is 0.0342. The van der Waals surface area contributed by atoms with Crippen LogP contribution in [0.25, 0.3) is 10.9 Å². The molecule has 0 fully saturated rings. The molecule has 0 spiro atoms. The van der Waals surface area contributed by atoms with E-state index < -0.39 is 0 Å². The number of para-hydroxylation sites is 1. The van der Waals surface area contributed by atoms with Crippen molar-refractivity contribution in [1.29, 1.82) is 0 Å². The number of fused-ring (bicyclic) bond motifs is 1. The van der Waals surface area contributed by atoms with Gasteiger partial charge < -0.3 is 10.0 Å². The SMILES string of the molecule is CC1=CCCN(c2nc3ccccc3cc2CO)C1. The number of aliphatic hydroxyl groups excluding tert-OH is 1. The highest BCUT2D eigenvalue weighted by molar-refractivity contribution is 5.81. The van der Waals surface area contributed by atoms with Gasteiger partial charge in [-0.15, -0.1) is 0 Å². The van der Waals surface area contributed by atoms with E-state index in [9.17, 15) is 5.11 Å². The first kappa shape index (κ1) is 12.2. The van der Waals surface area contributed by atoms with Crippen LogP contribution in [0, 0.1) is 0 Å². The lowest BCUT2D eigenvalue weighted by atomic mass is 10.1. The van der Waals surface area contributed by atoms with Gasteiger partial charge in [0.05, 0.1) is 12.1 Å². The molecule has 2 aromatic rings. The van der Waals surface area contributed by atoms with Crippen molar-refractivity contribution in [2.75, 3.05) is 18.0 Å². The molecule has 0 bridgehead atoms. The van der Waals surface area contributed by atoms with E-state index in [1.807, 2.05) is 30.3 Å². The number of pyridine rings is 1. The number of anilines is 1. The summed E-state index contributed by atoms with van der Waals surface area (Å²) in [7, 11) is 0. The summed E-state index contributed by atoms with van der Waals surface area (Å²) >= 11 is 0. The molecule has 1 aromatic carbocycles. The average molecular weight is 254 g/mol.